The molecule has 0 spiro atoms. The maximum absolute atomic E-state index is 13.5. The van der Waals surface area contributed by atoms with Crippen LogP contribution in [0.15, 0.2) is 23.6 Å². The Hall–Kier alpha value is -1.13. The molecule has 1 aromatic heterocycles. The topological polar surface area (TPSA) is 33.1 Å². The van der Waals surface area contributed by atoms with Crippen LogP contribution < -0.4 is 0 Å². The molecule has 1 aromatic carbocycles. The van der Waals surface area contributed by atoms with E-state index >= 15 is 0 Å². The van der Waals surface area contributed by atoms with Crippen LogP contribution in [0.1, 0.15) is 10.6 Å². The van der Waals surface area contributed by atoms with Crippen LogP contribution in [0.3, 0.4) is 0 Å². The lowest BCUT2D eigenvalue weighted by molar-refractivity contribution is 0.456. The summed E-state index contributed by atoms with van der Waals surface area (Å²) in [7, 11) is 0. The average molecular weight is 244 g/mol. The van der Waals surface area contributed by atoms with Crippen LogP contribution in [-0.4, -0.2) is 10.1 Å². The average Bonchev–Trinajstić information content (AvgIpc) is 2.59. The molecular weight excluding hydrogens is 237 g/mol. The van der Waals surface area contributed by atoms with Crippen LogP contribution in [0.5, 0.6) is 5.88 Å². The number of hydrogen-bond donors (Lipinski definition) is 1. The molecule has 0 atom stereocenters. The van der Waals surface area contributed by atoms with Gasteiger partial charge in [0.2, 0.25) is 5.88 Å². The molecule has 0 radical (unpaired) electrons. The largest absolute Gasteiger partial charge is 0.493 e. The molecule has 0 unspecified atom stereocenters. The molecule has 5 heteroatoms. The van der Waals surface area contributed by atoms with E-state index in [2.05, 4.69) is 4.98 Å². The van der Waals surface area contributed by atoms with E-state index in [4.69, 9.17) is 16.7 Å². The van der Waals surface area contributed by atoms with E-state index in [1.165, 1.54) is 22.8 Å². The molecule has 2 aromatic rings. The van der Waals surface area contributed by atoms with E-state index in [-0.39, 0.29) is 10.9 Å². The van der Waals surface area contributed by atoms with Crippen molar-refractivity contribution < 1.29 is 9.50 Å². The summed E-state index contributed by atoms with van der Waals surface area (Å²) in [4.78, 5) is 3.84. The predicted octanol–water partition coefficient (Wildman–Crippen LogP) is 3.23. The quantitative estimate of drug-likeness (QED) is 0.879. The second-order valence-electron chi connectivity index (χ2n) is 2.99. The Morgan fingerprint density at radius 1 is 1.47 bits per heavy atom. The molecule has 1 N–H and O–H groups in total. The van der Waals surface area contributed by atoms with Gasteiger partial charge in [-0.2, -0.15) is 0 Å². The number of hydrogen-bond acceptors (Lipinski definition) is 3. The molecule has 0 aliphatic rings. The first-order chi connectivity index (χ1) is 7.16. The second kappa shape index (κ2) is 4.16. The van der Waals surface area contributed by atoms with Crippen LogP contribution in [-0.2, 0) is 6.42 Å². The predicted molar refractivity (Wildman–Crippen MR) is 58.0 cm³/mol. The number of aromatic nitrogens is 1. The summed E-state index contributed by atoms with van der Waals surface area (Å²) >= 11 is 6.93. The lowest BCUT2D eigenvalue weighted by Gasteiger charge is -2.01. The minimum atomic E-state index is -0.422. The van der Waals surface area contributed by atoms with E-state index in [9.17, 15) is 4.39 Å². The van der Waals surface area contributed by atoms with Crippen molar-refractivity contribution in [3.8, 4) is 5.88 Å². The summed E-state index contributed by atoms with van der Waals surface area (Å²) in [6.07, 6.45) is 0.345. The zero-order valence-electron chi connectivity index (χ0n) is 7.58. The van der Waals surface area contributed by atoms with Gasteiger partial charge in [-0.3, -0.25) is 0 Å². The van der Waals surface area contributed by atoms with Crippen molar-refractivity contribution in [2.75, 3.05) is 0 Å². The minimum absolute atomic E-state index is 0.0302. The number of benzene rings is 1. The van der Waals surface area contributed by atoms with Crippen molar-refractivity contribution in [3.63, 3.8) is 0 Å². The fourth-order valence-electron chi connectivity index (χ4n) is 1.23. The Labute approximate surface area is 95.0 Å². The molecule has 0 saturated heterocycles. The first kappa shape index (κ1) is 10.4. The number of thiazole rings is 1. The molecule has 0 saturated carbocycles. The van der Waals surface area contributed by atoms with E-state index < -0.39 is 5.82 Å². The van der Waals surface area contributed by atoms with Gasteiger partial charge in [0.25, 0.3) is 0 Å². The lowest BCUT2D eigenvalue weighted by atomic mass is 10.1. The van der Waals surface area contributed by atoms with Gasteiger partial charge in [-0.25, -0.2) is 9.37 Å². The highest BCUT2D eigenvalue weighted by Gasteiger charge is 2.09. The summed E-state index contributed by atoms with van der Waals surface area (Å²) < 4.78 is 13.5. The Morgan fingerprint density at radius 2 is 2.27 bits per heavy atom. The molecule has 0 aliphatic carbocycles. The van der Waals surface area contributed by atoms with Crippen LogP contribution in [0.4, 0.5) is 4.39 Å². The zero-order chi connectivity index (χ0) is 10.8. The van der Waals surface area contributed by atoms with Gasteiger partial charge < -0.3 is 5.11 Å². The fraction of sp³-hybridized carbons (Fsp3) is 0.100. The Balaban J connectivity index is 2.28. The van der Waals surface area contributed by atoms with Gasteiger partial charge >= 0.3 is 0 Å². The zero-order valence-corrected chi connectivity index (χ0v) is 9.15. The van der Waals surface area contributed by atoms with Gasteiger partial charge in [-0.05, 0) is 11.6 Å². The van der Waals surface area contributed by atoms with Crippen LogP contribution in [0, 0.1) is 5.82 Å². The van der Waals surface area contributed by atoms with Crippen LogP contribution >= 0.6 is 22.9 Å². The summed E-state index contributed by atoms with van der Waals surface area (Å²) in [6, 6.07) is 4.84. The number of halogens is 2. The molecule has 2 rings (SSSR count). The maximum atomic E-state index is 13.5. The van der Waals surface area contributed by atoms with Crippen molar-refractivity contribution in [3.05, 3.63) is 45.0 Å². The second-order valence-corrected chi connectivity index (χ2v) is 4.34. The Bertz CT molecular complexity index is 486. The van der Waals surface area contributed by atoms with Gasteiger partial charge in [-0.15, -0.1) is 11.3 Å². The third-order valence-corrected chi connectivity index (χ3v) is 3.04. The fourth-order valence-corrected chi connectivity index (χ4v) is 2.10. The number of aromatic hydroxyl groups is 1. The van der Waals surface area contributed by atoms with Crippen LogP contribution in [0.25, 0.3) is 0 Å². The highest BCUT2D eigenvalue weighted by atomic mass is 35.5. The summed E-state index contributed by atoms with van der Waals surface area (Å²) in [5.74, 6) is -0.453. The standard InChI is InChI=1S/C10H7ClFNOS/c11-7-3-1-2-6(10(7)12)4-9-13-8(14)5-15-9/h1-3,5,14H,4H2. The molecule has 2 nitrogen and oxygen atoms in total. The lowest BCUT2D eigenvalue weighted by Crippen LogP contribution is -1.92. The Morgan fingerprint density at radius 3 is 2.93 bits per heavy atom. The Kier molecular flexibility index (Phi) is 2.88. The maximum Gasteiger partial charge on any atom is 0.222 e. The first-order valence-corrected chi connectivity index (χ1v) is 5.49. The van der Waals surface area contributed by atoms with Gasteiger partial charge in [0.15, 0.2) is 0 Å². The highest BCUT2D eigenvalue weighted by molar-refractivity contribution is 7.09. The van der Waals surface area contributed by atoms with Crippen molar-refractivity contribution >= 4 is 22.9 Å². The monoisotopic (exact) mass is 243 g/mol. The van der Waals surface area contributed by atoms with E-state index in [0.29, 0.717) is 17.0 Å². The van der Waals surface area contributed by atoms with Crippen molar-refractivity contribution in [2.24, 2.45) is 0 Å². The van der Waals surface area contributed by atoms with E-state index in [1.54, 1.807) is 12.1 Å². The van der Waals surface area contributed by atoms with Gasteiger partial charge in [-0.1, -0.05) is 23.7 Å². The SMILES string of the molecule is Oc1csc(Cc2cccc(Cl)c2F)n1. The van der Waals surface area contributed by atoms with Crippen molar-refractivity contribution in [1.82, 2.24) is 4.98 Å². The summed E-state index contributed by atoms with van der Waals surface area (Å²) in [5.41, 5.74) is 0.483. The molecule has 15 heavy (non-hydrogen) atoms. The number of nitrogens with zero attached hydrogens (tertiary/aromatic N) is 1. The first-order valence-electron chi connectivity index (χ1n) is 4.23. The van der Waals surface area contributed by atoms with Gasteiger partial charge in [0.1, 0.15) is 10.8 Å². The van der Waals surface area contributed by atoms with Crippen molar-refractivity contribution in [1.29, 1.82) is 0 Å². The van der Waals surface area contributed by atoms with Crippen LogP contribution in [0.2, 0.25) is 5.02 Å². The summed E-state index contributed by atoms with van der Waals surface area (Å²) in [6.45, 7) is 0. The smallest absolute Gasteiger partial charge is 0.222 e. The summed E-state index contributed by atoms with van der Waals surface area (Å²) in [5, 5.41) is 11.3. The molecular formula is C10H7ClFNOS. The third kappa shape index (κ3) is 2.27. The minimum Gasteiger partial charge on any atom is -0.493 e. The normalized spacial score (nSPS) is 10.5. The molecule has 0 amide bonds. The van der Waals surface area contributed by atoms with Gasteiger partial charge in [0, 0.05) is 6.42 Å². The van der Waals surface area contributed by atoms with Crippen molar-refractivity contribution in [2.45, 2.75) is 6.42 Å². The molecule has 0 aliphatic heterocycles. The molecule has 78 valence electrons. The third-order valence-electron chi connectivity index (χ3n) is 1.91. The molecule has 1 heterocycles. The highest BCUT2D eigenvalue weighted by Crippen LogP contribution is 2.23. The number of rotatable bonds is 2. The molecule has 0 fully saturated rings. The van der Waals surface area contributed by atoms with E-state index in [0.717, 1.165) is 0 Å². The van der Waals surface area contributed by atoms with Gasteiger partial charge in [0.05, 0.1) is 10.4 Å². The van der Waals surface area contributed by atoms with E-state index in [1.807, 2.05) is 0 Å². The molecule has 0 bridgehead atoms.